The third-order valence-electron chi connectivity index (χ3n) is 3.39. The lowest BCUT2D eigenvalue weighted by molar-refractivity contribution is 0.256. The molecule has 2 heteroatoms. The highest BCUT2D eigenvalue weighted by molar-refractivity contribution is 7.80. The van der Waals surface area contributed by atoms with Gasteiger partial charge in [-0.1, -0.05) is 46.8 Å². The van der Waals surface area contributed by atoms with Gasteiger partial charge in [0.05, 0.1) is 6.61 Å². The SMILES string of the molecule is CC(C)C(c1cccc(OCCCS)c1)C(C)(C)C. The molecule has 0 N–H and O–H groups in total. The summed E-state index contributed by atoms with van der Waals surface area (Å²) in [7, 11) is 0. The fourth-order valence-corrected chi connectivity index (χ4v) is 3.07. The average Bonchev–Trinajstić information content (AvgIpc) is 2.27. The zero-order valence-electron chi connectivity index (χ0n) is 12.9. The summed E-state index contributed by atoms with van der Waals surface area (Å²) in [6, 6.07) is 8.57. The van der Waals surface area contributed by atoms with Gasteiger partial charge in [-0.15, -0.1) is 0 Å². The Morgan fingerprint density at radius 1 is 1.21 bits per heavy atom. The van der Waals surface area contributed by atoms with Crippen LogP contribution < -0.4 is 4.74 Å². The number of benzene rings is 1. The summed E-state index contributed by atoms with van der Waals surface area (Å²) in [4.78, 5) is 0. The molecule has 0 fully saturated rings. The lowest BCUT2D eigenvalue weighted by atomic mass is 9.70. The molecule has 0 spiro atoms. The van der Waals surface area contributed by atoms with Gasteiger partial charge in [-0.05, 0) is 47.1 Å². The van der Waals surface area contributed by atoms with E-state index < -0.39 is 0 Å². The van der Waals surface area contributed by atoms with E-state index in [1.165, 1.54) is 5.56 Å². The molecule has 0 bridgehead atoms. The van der Waals surface area contributed by atoms with Crippen LogP contribution in [-0.2, 0) is 0 Å². The number of hydrogen-bond acceptors (Lipinski definition) is 2. The molecule has 0 saturated carbocycles. The number of rotatable bonds is 6. The first-order chi connectivity index (χ1) is 8.86. The van der Waals surface area contributed by atoms with Gasteiger partial charge in [0.2, 0.25) is 0 Å². The van der Waals surface area contributed by atoms with E-state index in [9.17, 15) is 0 Å². The largest absolute Gasteiger partial charge is 0.494 e. The van der Waals surface area contributed by atoms with Crippen LogP contribution in [0.25, 0.3) is 0 Å². The van der Waals surface area contributed by atoms with Crippen LogP contribution in [0.5, 0.6) is 5.75 Å². The van der Waals surface area contributed by atoms with Crippen molar-refractivity contribution in [2.45, 2.75) is 47.0 Å². The van der Waals surface area contributed by atoms with E-state index in [4.69, 9.17) is 4.74 Å². The molecule has 0 amide bonds. The standard InChI is InChI=1S/C17H28OS/c1-13(2)16(17(3,4)5)14-8-6-9-15(12-14)18-10-7-11-19/h6,8-9,12-13,16,19H,7,10-11H2,1-5H3. The van der Waals surface area contributed by atoms with Gasteiger partial charge in [-0.2, -0.15) is 12.6 Å². The molecule has 0 aliphatic carbocycles. The maximum atomic E-state index is 5.78. The van der Waals surface area contributed by atoms with Crippen LogP contribution in [0.3, 0.4) is 0 Å². The van der Waals surface area contributed by atoms with Crippen LogP contribution in [0.15, 0.2) is 24.3 Å². The average molecular weight is 280 g/mol. The minimum atomic E-state index is 0.262. The number of thiol groups is 1. The van der Waals surface area contributed by atoms with Gasteiger partial charge in [0.1, 0.15) is 5.75 Å². The Hall–Kier alpha value is -0.630. The second-order valence-electron chi connectivity index (χ2n) is 6.59. The minimum Gasteiger partial charge on any atom is -0.494 e. The summed E-state index contributed by atoms with van der Waals surface area (Å²) >= 11 is 4.20. The molecule has 0 aliphatic rings. The third-order valence-corrected chi connectivity index (χ3v) is 3.70. The smallest absolute Gasteiger partial charge is 0.119 e. The molecule has 1 unspecified atom stereocenters. The lowest BCUT2D eigenvalue weighted by Crippen LogP contribution is -2.23. The van der Waals surface area contributed by atoms with Crippen LogP contribution in [0.2, 0.25) is 0 Å². The van der Waals surface area contributed by atoms with E-state index in [2.05, 4.69) is 65.4 Å². The first-order valence-electron chi connectivity index (χ1n) is 7.20. The molecule has 1 atom stereocenters. The van der Waals surface area contributed by atoms with Crippen LogP contribution in [-0.4, -0.2) is 12.4 Å². The van der Waals surface area contributed by atoms with Crippen molar-refractivity contribution < 1.29 is 4.74 Å². The third kappa shape index (κ3) is 5.10. The molecule has 0 radical (unpaired) electrons. The van der Waals surface area contributed by atoms with Crippen molar-refractivity contribution in [1.29, 1.82) is 0 Å². The number of hydrogen-bond donors (Lipinski definition) is 1. The molecular formula is C17H28OS. The van der Waals surface area contributed by atoms with Gasteiger partial charge in [0.15, 0.2) is 0 Å². The zero-order valence-corrected chi connectivity index (χ0v) is 13.8. The van der Waals surface area contributed by atoms with E-state index in [-0.39, 0.29) is 5.41 Å². The van der Waals surface area contributed by atoms with Gasteiger partial charge in [0.25, 0.3) is 0 Å². The van der Waals surface area contributed by atoms with Crippen LogP contribution >= 0.6 is 12.6 Å². The Labute approximate surface area is 124 Å². The van der Waals surface area contributed by atoms with Crippen molar-refractivity contribution in [3.05, 3.63) is 29.8 Å². The highest BCUT2D eigenvalue weighted by Crippen LogP contribution is 2.41. The normalized spacial score (nSPS) is 13.6. The predicted molar refractivity (Wildman–Crippen MR) is 87.4 cm³/mol. The quantitative estimate of drug-likeness (QED) is 0.558. The van der Waals surface area contributed by atoms with Crippen molar-refractivity contribution in [1.82, 2.24) is 0 Å². The molecule has 1 aromatic carbocycles. The Balaban J connectivity index is 2.89. The molecule has 19 heavy (non-hydrogen) atoms. The molecule has 1 aromatic rings. The first-order valence-corrected chi connectivity index (χ1v) is 7.83. The van der Waals surface area contributed by atoms with Crippen molar-refractivity contribution in [2.75, 3.05) is 12.4 Å². The maximum absolute atomic E-state index is 5.78. The van der Waals surface area contributed by atoms with E-state index in [1.807, 2.05) is 6.07 Å². The zero-order chi connectivity index (χ0) is 14.5. The summed E-state index contributed by atoms with van der Waals surface area (Å²) in [6.07, 6.45) is 0.986. The monoisotopic (exact) mass is 280 g/mol. The highest BCUT2D eigenvalue weighted by atomic mass is 32.1. The van der Waals surface area contributed by atoms with E-state index >= 15 is 0 Å². The number of ether oxygens (including phenoxy) is 1. The summed E-state index contributed by atoms with van der Waals surface area (Å²) in [5.74, 6) is 3.01. The fraction of sp³-hybridized carbons (Fsp3) is 0.647. The molecule has 1 nitrogen and oxygen atoms in total. The topological polar surface area (TPSA) is 9.23 Å². The van der Waals surface area contributed by atoms with Crippen molar-refractivity contribution in [3.63, 3.8) is 0 Å². The van der Waals surface area contributed by atoms with Gasteiger partial charge >= 0.3 is 0 Å². The Kier molecular flexibility index (Phi) is 6.25. The van der Waals surface area contributed by atoms with Gasteiger partial charge < -0.3 is 4.74 Å². The molecule has 0 saturated heterocycles. The minimum absolute atomic E-state index is 0.262. The van der Waals surface area contributed by atoms with E-state index in [1.54, 1.807) is 0 Å². The highest BCUT2D eigenvalue weighted by Gasteiger charge is 2.29. The van der Waals surface area contributed by atoms with Gasteiger partial charge in [-0.25, -0.2) is 0 Å². The molecular weight excluding hydrogens is 252 g/mol. The molecule has 108 valence electrons. The fourth-order valence-electron chi connectivity index (χ4n) is 2.94. The molecule has 0 aromatic heterocycles. The van der Waals surface area contributed by atoms with Crippen LogP contribution in [0, 0.1) is 11.3 Å². The van der Waals surface area contributed by atoms with E-state index in [0.717, 1.165) is 24.5 Å². The Morgan fingerprint density at radius 2 is 1.89 bits per heavy atom. The lowest BCUT2D eigenvalue weighted by Gasteiger charge is -2.34. The summed E-state index contributed by atoms with van der Waals surface area (Å²) < 4.78 is 5.78. The van der Waals surface area contributed by atoms with Crippen molar-refractivity contribution in [2.24, 2.45) is 11.3 Å². The Morgan fingerprint density at radius 3 is 2.42 bits per heavy atom. The van der Waals surface area contributed by atoms with E-state index in [0.29, 0.717) is 11.8 Å². The first kappa shape index (κ1) is 16.4. The second-order valence-corrected chi connectivity index (χ2v) is 7.03. The predicted octanol–water partition coefficient (Wildman–Crippen LogP) is 5.17. The van der Waals surface area contributed by atoms with Gasteiger partial charge in [0, 0.05) is 0 Å². The van der Waals surface area contributed by atoms with Crippen LogP contribution in [0.4, 0.5) is 0 Å². The van der Waals surface area contributed by atoms with Crippen LogP contribution in [0.1, 0.15) is 52.5 Å². The van der Waals surface area contributed by atoms with Gasteiger partial charge in [-0.3, -0.25) is 0 Å². The summed E-state index contributed by atoms with van der Waals surface area (Å²) in [6.45, 7) is 12.3. The molecule has 1 rings (SSSR count). The second kappa shape index (κ2) is 7.23. The Bertz CT molecular complexity index is 379. The maximum Gasteiger partial charge on any atom is 0.119 e. The van der Waals surface area contributed by atoms with Crippen molar-refractivity contribution in [3.8, 4) is 5.75 Å². The summed E-state index contributed by atoms with van der Waals surface area (Å²) in [5.41, 5.74) is 1.64. The molecule has 0 heterocycles. The van der Waals surface area contributed by atoms with Crippen molar-refractivity contribution >= 4 is 12.6 Å². The summed E-state index contributed by atoms with van der Waals surface area (Å²) in [5, 5.41) is 0. The molecule has 0 aliphatic heterocycles.